The first kappa shape index (κ1) is 21.5. The van der Waals surface area contributed by atoms with Gasteiger partial charge in [0.2, 0.25) is 0 Å². The SMILES string of the molecule is Cn1cc(-c2ccc(-c3ccc(NCC4CC5(C)CCC(C)(C4)N5)nn3)c(O)c2)cc1C#N. The van der Waals surface area contributed by atoms with Crippen molar-refractivity contribution >= 4 is 5.82 Å². The van der Waals surface area contributed by atoms with E-state index in [2.05, 4.69) is 40.7 Å². The van der Waals surface area contributed by atoms with Crippen molar-refractivity contribution in [3.63, 3.8) is 0 Å². The van der Waals surface area contributed by atoms with E-state index in [0.717, 1.165) is 23.5 Å². The fourth-order valence-corrected chi connectivity index (χ4v) is 5.78. The summed E-state index contributed by atoms with van der Waals surface area (Å²) in [5.41, 5.74) is 4.07. The molecule has 0 spiro atoms. The molecular weight excluding hydrogens is 412 g/mol. The summed E-state index contributed by atoms with van der Waals surface area (Å²) >= 11 is 0. The van der Waals surface area contributed by atoms with E-state index < -0.39 is 0 Å². The summed E-state index contributed by atoms with van der Waals surface area (Å²) in [5, 5.41) is 35.8. The molecule has 5 rings (SSSR count). The molecule has 1 aromatic carbocycles. The standard InChI is InChI=1S/C26H30N6O/c1-25-8-9-26(2,31-25)13-17(12-25)15-28-24-7-6-22(29-30-24)21-5-4-18(11-23(21)33)19-10-20(14-27)32(3)16-19/h4-7,10-11,16-17,31,33H,8-9,12-13,15H2,1-3H3,(H,28,30). The van der Waals surface area contributed by atoms with Gasteiger partial charge in [-0.3, -0.25) is 0 Å². The van der Waals surface area contributed by atoms with E-state index >= 15 is 0 Å². The number of benzene rings is 1. The number of piperidine rings is 1. The molecule has 2 atom stereocenters. The van der Waals surface area contributed by atoms with Crippen LogP contribution in [0.5, 0.6) is 5.75 Å². The molecular formula is C26H30N6O. The highest BCUT2D eigenvalue weighted by Gasteiger charge is 2.48. The zero-order valence-electron chi connectivity index (χ0n) is 19.4. The highest BCUT2D eigenvalue weighted by molar-refractivity contribution is 5.74. The molecule has 3 aromatic rings. The number of hydrogen-bond acceptors (Lipinski definition) is 6. The van der Waals surface area contributed by atoms with Crippen molar-refractivity contribution in [3.05, 3.63) is 48.3 Å². The first-order valence-corrected chi connectivity index (χ1v) is 11.5. The number of aromatic nitrogens is 3. The van der Waals surface area contributed by atoms with Crippen LogP contribution in [0, 0.1) is 17.2 Å². The lowest BCUT2D eigenvalue weighted by molar-refractivity contribution is 0.178. The van der Waals surface area contributed by atoms with Gasteiger partial charge in [0, 0.05) is 42.0 Å². The fraction of sp³-hybridized carbons (Fsp3) is 0.423. The number of aryl methyl sites for hydroxylation is 1. The summed E-state index contributed by atoms with van der Waals surface area (Å²) in [4.78, 5) is 0. The number of nitrogens with zero attached hydrogens (tertiary/aromatic N) is 4. The molecule has 3 N–H and O–H groups in total. The van der Waals surface area contributed by atoms with Gasteiger partial charge in [-0.25, -0.2) is 0 Å². The van der Waals surface area contributed by atoms with Crippen LogP contribution in [-0.4, -0.2) is 37.5 Å². The number of nitrogens with one attached hydrogen (secondary N) is 2. The number of anilines is 1. The fourth-order valence-electron chi connectivity index (χ4n) is 5.78. The molecule has 2 aromatic heterocycles. The topological polar surface area (TPSA) is 98.8 Å². The molecule has 2 fully saturated rings. The molecule has 170 valence electrons. The first-order valence-electron chi connectivity index (χ1n) is 11.5. The Morgan fingerprint density at radius 1 is 1.12 bits per heavy atom. The summed E-state index contributed by atoms with van der Waals surface area (Å²) in [6, 6.07) is 13.2. The van der Waals surface area contributed by atoms with Gasteiger partial charge >= 0.3 is 0 Å². The monoisotopic (exact) mass is 442 g/mol. The molecule has 0 amide bonds. The van der Waals surface area contributed by atoms with E-state index in [1.807, 2.05) is 43.6 Å². The van der Waals surface area contributed by atoms with Crippen molar-refractivity contribution in [2.24, 2.45) is 13.0 Å². The smallest absolute Gasteiger partial charge is 0.148 e. The Kier molecular flexibility index (Phi) is 5.13. The number of phenolic OH excluding ortho intramolecular Hbond substituents is 1. The molecule has 2 bridgehead atoms. The Labute approximate surface area is 194 Å². The lowest BCUT2D eigenvalue weighted by Crippen LogP contribution is -2.54. The van der Waals surface area contributed by atoms with Crippen molar-refractivity contribution in [2.45, 2.75) is 50.6 Å². The number of hydrogen-bond donors (Lipinski definition) is 3. The quantitative estimate of drug-likeness (QED) is 0.540. The maximum absolute atomic E-state index is 10.6. The highest BCUT2D eigenvalue weighted by Crippen LogP contribution is 2.44. The van der Waals surface area contributed by atoms with Gasteiger partial charge in [0.05, 0.1) is 5.69 Å². The Balaban J connectivity index is 1.26. The van der Waals surface area contributed by atoms with Crippen LogP contribution < -0.4 is 10.6 Å². The molecule has 2 saturated heterocycles. The van der Waals surface area contributed by atoms with E-state index in [4.69, 9.17) is 5.26 Å². The van der Waals surface area contributed by atoms with E-state index in [0.29, 0.717) is 22.9 Å². The maximum atomic E-state index is 10.6. The summed E-state index contributed by atoms with van der Waals surface area (Å²) < 4.78 is 1.77. The number of phenols is 1. The van der Waals surface area contributed by atoms with Crippen LogP contribution in [0.25, 0.3) is 22.4 Å². The van der Waals surface area contributed by atoms with Gasteiger partial charge in [0.15, 0.2) is 0 Å². The molecule has 7 heteroatoms. The summed E-state index contributed by atoms with van der Waals surface area (Å²) in [5.74, 6) is 1.50. The molecule has 2 aliphatic heterocycles. The first-order chi connectivity index (χ1) is 15.8. The molecule has 33 heavy (non-hydrogen) atoms. The Morgan fingerprint density at radius 2 is 1.88 bits per heavy atom. The van der Waals surface area contributed by atoms with Crippen molar-refractivity contribution in [1.82, 2.24) is 20.1 Å². The van der Waals surface area contributed by atoms with Crippen LogP contribution in [0.2, 0.25) is 0 Å². The van der Waals surface area contributed by atoms with Crippen LogP contribution in [0.15, 0.2) is 42.6 Å². The third kappa shape index (κ3) is 4.19. The molecule has 4 heterocycles. The number of nitriles is 1. The highest BCUT2D eigenvalue weighted by atomic mass is 16.3. The van der Waals surface area contributed by atoms with Gasteiger partial charge in [0.25, 0.3) is 0 Å². The molecule has 2 unspecified atom stereocenters. The molecule has 0 radical (unpaired) electrons. The lowest BCUT2D eigenvalue weighted by Gasteiger charge is -2.42. The van der Waals surface area contributed by atoms with E-state index in [1.165, 1.54) is 25.7 Å². The largest absolute Gasteiger partial charge is 0.507 e. The van der Waals surface area contributed by atoms with E-state index in [9.17, 15) is 5.11 Å². The van der Waals surface area contributed by atoms with Crippen LogP contribution in [0.3, 0.4) is 0 Å². The van der Waals surface area contributed by atoms with Gasteiger partial charge in [-0.1, -0.05) is 6.07 Å². The summed E-state index contributed by atoms with van der Waals surface area (Å²) in [6.45, 7) is 5.58. The van der Waals surface area contributed by atoms with Gasteiger partial charge < -0.3 is 20.3 Å². The zero-order valence-corrected chi connectivity index (χ0v) is 19.4. The Hall–Kier alpha value is -3.37. The minimum Gasteiger partial charge on any atom is -0.507 e. The summed E-state index contributed by atoms with van der Waals surface area (Å²) in [6.07, 6.45) is 6.74. The van der Waals surface area contributed by atoms with Crippen molar-refractivity contribution < 1.29 is 5.11 Å². The third-order valence-electron chi connectivity index (χ3n) is 7.27. The van der Waals surface area contributed by atoms with Gasteiger partial charge in [-0.05, 0) is 81.3 Å². The van der Waals surface area contributed by atoms with Crippen molar-refractivity contribution in [2.75, 3.05) is 11.9 Å². The van der Waals surface area contributed by atoms with E-state index in [1.54, 1.807) is 10.6 Å². The maximum Gasteiger partial charge on any atom is 0.148 e. The summed E-state index contributed by atoms with van der Waals surface area (Å²) in [7, 11) is 1.83. The Morgan fingerprint density at radius 3 is 2.48 bits per heavy atom. The minimum absolute atomic E-state index is 0.136. The second kappa shape index (κ2) is 7.89. The van der Waals surface area contributed by atoms with Crippen molar-refractivity contribution in [1.29, 1.82) is 5.26 Å². The number of fused-ring (bicyclic) bond motifs is 2. The predicted octanol–water partition coefficient (Wildman–Crippen LogP) is 4.45. The van der Waals surface area contributed by atoms with E-state index in [-0.39, 0.29) is 16.8 Å². The normalized spacial score (nSPS) is 26.2. The van der Waals surface area contributed by atoms with Crippen LogP contribution in [0.1, 0.15) is 45.2 Å². The third-order valence-corrected chi connectivity index (χ3v) is 7.27. The molecule has 7 nitrogen and oxygen atoms in total. The average Bonchev–Trinajstić information content (AvgIpc) is 3.27. The molecule has 0 saturated carbocycles. The van der Waals surface area contributed by atoms with Crippen molar-refractivity contribution in [3.8, 4) is 34.2 Å². The minimum atomic E-state index is 0.136. The van der Waals surface area contributed by atoms with Crippen LogP contribution >= 0.6 is 0 Å². The Bertz CT molecular complexity index is 1210. The van der Waals surface area contributed by atoms with Crippen LogP contribution in [0.4, 0.5) is 5.82 Å². The predicted molar refractivity (Wildman–Crippen MR) is 129 cm³/mol. The van der Waals surface area contributed by atoms with Gasteiger partial charge in [-0.2, -0.15) is 5.26 Å². The average molecular weight is 443 g/mol. The molecule has 2 aliphatic rings. The molecule has 0 aliphatic carbocycles. The number of aromatic hydroxyl groups is 1. The van der Waals surface area contributed by atoms with Gasteiger partial charge in [0.1, 0.15) is 23.3 Å². The lowest BCUT2D eigenvalue weighted by atomic mass is 9.80. The van der Waals surface area contributed by atoms with Crippen LogP contribution in [-0.2, 0) is 7.05 Å². The number of rotatable bonds is 5. The zero-order chi connectivity index (χ0) is 23.2. The second-order valence-corrected chi connectivity index (χ2v) is 10.3. The van der Waals surface area contributed by atoms with Gasteiger partial charge in [-0.15, -0.1) is 10.2 Å². The second-order valence-electron chi connectivity index (χ2n) is 10.3.